The number of carbonyl (C=O) groups excluding carboxylic acids is 1. The molecule has 0 aromatic heterocycles. The third kappa shape index (κ3) is 7.11. The van der Waals surface area contributed by atoms with Crippen LogP contribution >= 0.6 is 0 Å². The van der Waals surface area contributed by atoms with E-state index in [4.69, 9.17) is 9.47 Å². The van der Waals surface area contributed by atoms with Crippen LogP contribution in [0.3, 0.4) is 0 Å². The molecule has 1 spiro atoms. The van der Waals surface area contributed by atoms with Crippen molar-refractivity contribution in [3.05, 3.63) is 84.0 Å². The van der Waals surface area contributed by atoms with Crippen molar-refractivity contribution >= 4 is 29.0 Å². The number of allylic oxidation sites excluding steroid dienone is 2. The largest absolute Gasteiger partial charge is 0.486 e. The molecule has 2 saturated heterocycles. The number of ketones is 1. The number of hydrogen-bond donors (Lipinski definition) is 2. The number of nitrogens with zero attached hydrogens (tertiary/aromatic N) is 2. The summed E-state index contributed by atoms with van der Waals surface area (Å²) in [5.41, 5.74) is 6.14. The molecule has 2 N–H and O–H groups in total. The van der Waals surface area contributed by atoms with Gasteiger partial charge in [-0.1, -0.05) is 30.9 Å². The number of aliphatic imine (C=N–C) groups is 1. The van der Waals surface area contributed by atoms with Crippen LogP contribution in [0.1, 0.15) is 72.5 Å². The minimum absolute atomic E-state index is 0.155. The standard InChI is InChI=1S/C36H46N4O3/c1-5-7-8-9-16-38-17-18-39-32(6-2)28-10-12-33(37-4)30(22-28)26(3)27-11-13-35-31(21-27)34(41)23-36(43-35)14-19-40(20-15-36)29-24-42-25-29/h5-6,10-13,16,21-22,29,37,39H,1,3,7-9,14-15,17-20,23-25H2,2,4H3/b32-6-,38-16?. The maximum absolute atomic E-state index is 13.5. The van der Waals surface area contributed by atoms with Crippen LogP contribution in [-0.4, -0.2) is 75.0 Å². The third-order valence-corrected chi connectivity index (χ3v) is 8.92. The predicted octanol–water partition coefficient (Wildman–Crippen LogP) is 6.37. The summed E-state index contributed by atoms with van der Waals surface area (Å²) in [5.74, 6) is 0.849. The van der Waals surface area contributed by atoms with Crippen LogP contribution < -0.4 is 15.4 Å². The summed E-state index contributed by atoms with van der Waals surface area (Å²) >= 11 is 0. The fraction of sp³-hybridized carbons (Fsp3) is 0.444. The molecule has 2 aromatic carbocycles. The Morgan fingerprint density at radius 3 is 2.63 bits per heavy atom. The molecule has 3 aliphatic rings. The fourth-order valence-electron chi connectivity index (χ4n) is 6.19. The maximum Gasteiger partial charge on any atom is 0.170 e. The number of carbonyl (C=O) groups is 1. The van der Waals surface area contributed by atoms with Crippen molar-refractivity contribution in [2.45, 2.75) is 57.1 Å². The van der Waals surface area contributed by atoms with Crippen LogP contribution in [0, 0.1) is 0 Å². The molecule has 43 heavy (non-hydrogen) atoms. The summed E-state index contributed by atoms with van der Waals surface area (Å²) in [4.78, 5) is 20.5. The number of fused-ring (bicyclic) bond motifs is 1. The van der Waals surface area contributed by atoms with Crippen molar-refractivity contribution in [1.82, 2.24) is 10.2 Å². The number of benzene rings is 2. The first-order valence-corrected chi connectivity index (χ1v) is 15.7. The van der Waals surface area contributed by atoms with Gasteiger partial charge in [0, 0.05) is 56.5 Å². The van der Waals surface area contributed by atoms with Gasteiger partial charge < -0.3 is 20.1 Å². The van der Waals surface area contributed by atoms with Gasteiger partial charge in [-0.2, -0.15) is 0 Å². The Kier molecular flexibility index (Phi) is 10.2. The number of rotatable bonds is 13. The number of unbranched alkanes of at least 4 members (excludes halogenated alkanes) is 2. The monoisotopic (exact) mass is 582 g/mol. The summed E-state index contributed by atoms with van der Waals surface area (Å²) in [6.45, 7) is 15.3. The second kappa shape index (κ2) is 14.2. The molecule has 2 fully saturated rings. The molecule has 2 aromatic rings. The third-order valence-electron chi connectivity index (χ3n) is 8.92. The van der Waals surface area contributed by atoms with E-state index in [0.29, 0.717) is 23.8 Å². The zero-order chi connectivity index (χ0) is 30.2. The summed E-state index contributed by atoms with van der Waals surface area (Å²) < 4.78 is 12.0. The molecule has 0 radical (unpaired) electrons. The highest BCUT2D eigenvalue weighted by atomic mass is 16.5. The maximum atomic E-state index is 13.5. The van der Waals surface area contributed by atoms with Crippen LogP contribution in [-0.2, 0) is 4.74 Å². The van der Waals surface area contributed by atoms with Gasteiger partial charge >= 0.3 is 0 Å². The number of piperidine rings is 1. The van der Waals surface area contributed by atoms with Crippen molar-refractivity contribution in [2.75, 3.05) is 51.8 Å². The SMILES string of the molecule is C=CCCCC=NCCN/C(=C\C)c1ccc(NC)c(C(=C)c2ccc3c(c2)C(=O)CC2(CCN(C4COC4)CC2)O3)c1. The van der Waals surface area contributed by atoms with Gasteiger partial charge in [-0.05, 0) is 73.4 Å². The van der Waals surface area contributed by atoms with Crippen molar-refractivity contribution in [3.63, 3.8) is 0 Å². The van der Waals surface area contributed by atoms with Crippen LogP contribution in [0.15, 0.2) is 66.7 Å². The molecular weight excluding hydrogens is 536 g/mol. The lowest BCUT2D eigenvalue weighted by molar-refractivity contribution is -0.0939. The van der Waals surface area contributed by atoms with Crippen LogP contribution in [0.5, 0.6) is 5.75 Å². The fourth-order valence-corrected chi connectivity index (χ4v) is 6.19. The van der Waals surface area contributed by atoms with E-state index in [0.717, 1.165) is 105 Å². The van der Waals surface area contributed by atoms with E-state index in [1.165, 1.54) is 0 Å². The molecule has 7 heteroatoms. The highest BCUT2D eigenvalue weighted by molar-refractivity contribution is 6.01. The number of likely N-dealkylation sites (tertiary alicyclic amines) is 1. The molecule has 0 saturated carbocycles. The lowest BCUT2D eigenvalue weighted by Crippen LogP contribution is -2.57. The molecule has 0 amide bonds. The van der Waals surface area contributed by atoms with E-state index in [1.54, 1.807) is 0 Å². The van der Waals surface area contributed by atoms with Gasteiger partial charge in [0.15, 0.2) is 5.78 Å². The molecular formula is C36H46N4O3. The Labute approximate surface area is 256 Å². The number of hydrogen-bond acceptors (Lipinski definition) is 7. The van der Waals surface area contributed by atoms with Crippen LogP contribution in [0.2, 0.25) is 0 Å². The Hall–Kier alpha value is -3.68. The average molecular weight is 583 g/mol. The number of anilines is 1. The van der Waals surface area contributed by atoms with E-state index >= 15 is 0 Å². The van der Waals surface area contributed by atoms with Crippen molar-refractivity contribution in [3.8, 4) is 5.75 Å². The molecule has 228 valence electrons. The highest BCUT2D eigenvalue weighted by Gasteiger charge is 2.44. The minimum Gasteiger partial charge on any atom is -0.486 e. The second-order valence-corrected chi connectivity index (χ2v) is 11.7. The van der Waals surface area contributed by atoms with Crippen molar-refractivity contribution < 1.29 is 14.3 Å². The normalized spacial score (nSPS) is 18.7. The van der Waals surface area contributed by atoms with E-state index in [9.17, 15) is 4.79 Å². The van der Waals surface area contributed by atoms with Crippen LogP contribution in [0.25, 0.3) is 11.3 Å². The number of ether oxygens (including phenoxy) is 2. The Balaban J connectivity index is 1.27. The summed E-state index contributed by atoms with van der Waals surface area (Å²) in [6.07, 6.45) is 11.3. The molecule has 5 rings (SSSR count). The quantitative estimate of drug-likeness (QED) is 0.163. The Bertz CT molecular complexity index is 1380. The topological polar surface area (TPSA) is 75.2 Å². The molecule has 3 heterocycles. The Morgan fingerprint density at radius 2 is 1.93 bits per heavy atom. The van der Waals surface area contributed by atoms with Crippen molar-refractivity contribution in [1.29, 1.82) is 0 Å². The summed E-state index contributed by atoms with van der Waals surface area (Å²) in [7, 11) is 1.92. The zero-order valence-corrected chi connectivity index (χ0v) is 25.8. The lowest BCUT2D eigenvalue weighted by atomic mass is 9.81. The van der Waals surface area contributed by atoms with Gasteiger partial charge in [-0.15, -0.1) is 6.58 Å². The van der Waals surface area contributed by atoms with E-state index in [1.807, 2.05) is 44.5 Å². The zero-order valence-electron chi connectivity index (χ0n) is 25.8. The second-order valence-electron chi connectivity index (χ2n) is 11.7. The van der Waals surface area contributed by atoms with Gasteiger partial charge in [0.2, 0.25) is 0 Å². The summed E-state index contributed by atoms with van der Waals surface area (Å²) in [6, 6.07) is 12.8. The summed E-state index contributed by atoms with van der Waals surface area (Å²) in [5, 5.41) is 6.84. The Morgan fingerprint density at radius 1 is 1.14 bits per heavy atom. The van der Waals surface area contributed by atoms with Crippen LogP contribution in [0.4, 0.5) is 5.69 Å². The smallest absolute Gasteiger partial charge is 0.170 e. The first kappa shape index (κ1) is 30.8. The van der Waals surface area contributed by atoms with Gasteiger partial charge in [-0.3, -0.25) is 14.7 Å². The molecule has 0 atom stereocenters. The highest BCUT2D eigenvalue weighted by Crippen LogP contribution is 2.41. The minimum atomic E-state index is -0.399. The predicted molar refractivity (Wildman–Crippen MR) is 177 cm³/mol. The molecule has 7 nitrogen and oxygen atoms in total. The number of Topliss-reactive ketones (excluding diaryl/α,β-unsaturated/α-hetero) is 1. The first-order valence-electron chi connectivity index (χ1n) is 15.7. The molecule has 3 aliphatic heterocycles. The van der Waals surface area contributed by atoms with E-state index in [-0.39, 0.29) is 5.78 Å². The van der Waals surface area contributed by atoms with Gasteiger partial charge in [0.1, 0.15) is 11.4 Å². The van der Waals surface area contributed by atoms with Gasteiger partial charge in [0.25, 0.3) is 0 Å². The van der Waals surface area contributed by atoms with Gasteiger partial charge in [-0.25, -0.2) is 0 Å². The molecule has 0 bridgehead atoms. The van der Waals surface area contributed by atoms with E-state index < -0.39 is 5.60 Å². The number of nitrogens with one attached hydrogen (secondary N) is 2. The van der Waals surface area contributed by atoms with E-state index in [2.05, 4.69) is 58.0 Å². The first-order chi connectivity index (χ1) is 21.0. The van der Waals surface area contributed by atoms with Crippen molar-refractivity contribution in [2.24, 2.45) is 4.99 Å². The molecule has 0 aliphatic carbocycles. The lowest BCUT2D eigenvalue weighted by Gasteiger charge is -2.47. The molecule has 0 unspecified atom stereocenters. The average Bonchev–Trinajstić information content (AvgIpc) is 3.00. The van der Waals surface area contributed by atoms with Gasteiger partial charge in [0.05, 0.1) is 37.8 Å².